The summed E-state index contributed by atoms with van der Waals surface area (Å²) in [6.07, 6.45) is 0.764. The topological polar surface area (TPSA) is 57.5 Å². The molecule has 2 N–H and O–H groups in total. The molecular weight excluding hydrogens is 240 g/mol. The summed E-state index contributed by atoms with van der Waals surface area (Å²) in [7, 11) is 0. The predicted octanol–water partition coefficient (Wildman–Crippen LogP) is 3.06. The standard InChI is InChI=1S/C13H17ClO3/c1-3-13(17,4-2)11(12(15)16)9-6-5-7-10(14)8-9/h5-8,11,17H,3-4H2,1-2H3,(H,15,16)/t11-/m0/s1. The third kappa shape index (κ3) is 2.99. The first kappa shape index (κ1) is 14.0. The van der Waals surface area contributed by atoms with Crippen molar-refractivity contribution in [3.05, 3.63) is 34.9 Å². The van der Waals surface area contributed by atoms with Gasteiger partial charge in [-0.3, -0.25) is 4.79 Å². The third-order valence-electron chi connectivity index (χ3n) is 3.19. The van der Waals surface area contributed by atoms with E-state index in [0.29, 0.717) is 23.4 Å². The van der Waals surface area contributed by atoms with Crippen LogP contribution >= 0.6 is 11.6 Å². The lowest BCUT2D eigenvalue weighted by Crippen LogP contribution is -2.39. The first-order valence-corrected chi connectivity index (χ1v) is 6.03. The zero-order valence-corrected chi connectivity index (χ0v) is 10.7. The van der Waals surface area contributed by atoms with Crippen molar-refractivity contribution >= 4 is 17.6 Å². The molecule has 0 aliphatic rings. The van der Waals surface area contributed by atoms with Gasteiger partial charge in [0.2, 0.25) is 0 Å². The van der Waals surface area contributed by atoms with Crippen LogP contribution in [0.15, 0.2) is 24.3 Å². The van der Waals surface area contributed by atoms with Gasteiger partial charge in [0.1, 0.15) is 5.92 Å². The lowest BCUT2D eigenvalue weighted by molar-refractivity contribution is -0.146. The molecule has 0 bridgehead atoms. The molecule has 0 fully saturated rings. The third-order valence-corrected chi connectivity index (χ3v) is 3.43. The molecule has 0 aliphatic carbocycles. The SMILES string of the molecule is CCC(O)(CC)[C@H](C(=O)O)c1cccc(Cl)c1. The summed E-state index contributed by atoms with van der Waals surface area (Å²) < 4.78 is 0. The minimum atomic E-state index is -1.24. The molecule has 0 saturated carbocycles. The summed E-state index contributed by atoms with van der Waals surface area (Å²) in [6.45, 7) is 3.56. The summed E-state index contributed by atoms with van der Waals surface area (Å²) >= 11 is 5.86. The fourth-order valence-corrected chi connectivity index (χ4v) is 2.23. The Balaban J connectivity index is 3.23. The van der Waals surface area contributed by atoms with Crippen LogP contribution in [-0.2, 0) is 4.79 Å². The highest BCUT2D eigenvalue weighted by Crippen LogP contribution is 2.35. The Bertz CT molecular complexity index is 399. The first-order chi connectivity index (χ1) is 7.94. The average Bonchev–Trinajstić information content (AvgIpc) is 2.28. The number of carboxylic acid groups (broad SMARTS) is 1. The maximum atomic E-state index is 11.4. The predicted molar refractivity (Wildman–Crippen MR) is 67.4 cm³/mol. The van der Waals surface area contributed by atoms with E-state index in [1.807, 2.05) is 0 Å². The van der Waals surface area contributed by atoms with Gasteiger partial charge >= 0.3 is 5.97 Å². The van der Waals surface area contributed by atoms with E-state index in [4.69, 9.17) is 11.6 Å². The van der Waals surface area contributed by atoms with Crippen LogP contribution in [-0.4, -0.2) is 21.8 Å². The smallest absolute Gasteiger partial charge is 0.313 e. The summed E-state index contributed by atoms with van der Waals surface area (Å²) in [6, 6.07) is 6.65. The number of rotatable bonds is 5. The number of carboxylic acids is 1. The Labute approximate surface area is 106 Å². The maximum absolute atomic E-state index is 11.4. The Morgan fingerprint density at radius 2 is 2.00 bits per heavy atom. The van der Waals surface area contributed by atoms with E-state index < -0.39 is 17.5 Å². The molecule has 17 heavy (non-hydrogen) atoms. The second-order valence-electron chi connectivity index (χ2n) is 4.14. The van der Waals surface area contributed by atoms with Gasteiger partial charge in [-0.1, -0.05) is 37.6 Å². The van der Waals surface area contributed by atoms with Crippen LogP contribution in [0.3, 0.4) is 0 Å². The van der Waals surface area contributed by atoms with Gasteiger partial charge in [-0.25, -0.2) is 0 Å². The van der Waals surface area contributed by atoms with Gasteiger partial charge < -0.3 is 10.2 Å². The highest BCUT2D eigenvalue weighted by atomic mass is 35.5. The summed E-state index contributed by atoms with van der Waals surface area (Å²) in [4.78, 5) is 11.4. The van der Waals surface area contributed by atoms with Gasteiger partial charge in [0.15, 0.2) is 0 Å². The van der Waals surface area contributed by atoms with E-state index in [9.17, 15) is 15.0 Å². The number of hydrogen-bond acceptors (Lipinski definition) is 2. The number of benzene rings is 1. The van der Waals surface area contributed by atoms with Crippen molar-refractivity contribution in [3.8, 4) is 0 Å². The van der Waals surface area contributed by atoms with E-state index in [1.54, 1.807) is 38.1 Å². The molecule has 1 aromatic rings. The van der Waals surface area contributed by atoms with E-state index in [0.717, 1.165) is 0 Å². The number of hydrogen-bond donors (Lipinski definition) is 2. The largest absolute Gasteiger partial charge is 0.481 e. The van der Waals surface area contributed by atoms with Gasteiger partial charge in [-0.15, -0.1) is 0 Å². The minimum absolute atomic E-state index is 0.382. The molecular formula is C13H17ClO3. The van der Waals surface area contributed by atoms with Crippen LogP contribution in [0.5, 0.6) is 0 Å². The van der Waals surface area contributed by atoms with Crippen molar-refractivity contribution in [3.63, 3.8) is 0 Å². The van der Waals surface area contributed by atoms with Crippen LogP contribution in [0.2, 0.25) is 5.02 Å². The molecule has 0 saturated heterocycles. The molecule has 0 amide bonds. The Morgan fingerprint density at radius 1 is 1.41 bits per heavy atom. The molecule has 0 spiro atoms. The van der Waals surface area contributed by atoms with Crippen LogP contribution < -0.4 is 0 Å². The molecule has 0 heterocycles. The van der Waals surface area contributed by atoms with Gasteiger partial charge in [0.05, 0.1) is 5.60 Å². The molecule has 4 heteroatoms. The molecule has 0 aromatic heterocycles. The number of halogens is 1. The van der Waals surface area contributed by atoms with Gasteiger partial charge in [-0.2, -0.15) is 0 Å². The lowest BCUT2D eigenvalue weighted by Gasteiger charge is -2.32. The van der Waals surface area contributed by atoms with Crippen molar-refractivity contribution in [2.75, 3.05) is 0 Å². The van der Waals surface area contributed by atoms with Crippen LogP contribution in [0.4, 0.5) is 0 Å². The average molecular weight is 257 g/mol. The molecule has 0 radical (unpaired) electrons. The monoisotopic (exact) mass is 256 g/mol. The first-order valence-electron chi connectivity index (χ1n) is 5.65. The zero-order chi connectivity index (χ0) is 13.1. The molecule has 3 nitrogen and oxygen atoms in total. The fourth-order valence-electron chi connectivity index (χ4n) is 2.03. The quantitative estimate of drug-likeness (QED) is 0.851. The molecule has 94 valence electrons. The number of aliphatic carboxylic acids is 1. The molecule has 1 atom stereocenters. The molecule has 1 rings (SSSR count). The van der Waals surface area contributed by atoms with E-state index >= 15 is 0 Å². The second-order valence-corrected chi connectivity index (χ2v) is 4.57. The molecule has 0 aliphatic heterocycles. The molecule has 1 aromatic carbocycles. The highest BCUT2D eigenvalue weighted by molar-refractivity contribution is 6.30. The van der Waals surface area contributed by atoms with Crippen molar-refractivity contribution in [1.82, 2.24) is 0 Å². The van der Waals surface area contributed by atoms with Gasteiger partial charge in [0.25, 0.3) is 0 Å². The Kier molecular flexibility index (Phi) is 4.54. The Hall–Kier alpha value is -1.06. The van der Waals surface area contributed by atoms with Crippen LogP contribution in [0.1, 0.15) is 38.2 Å². The van der Waals surface area contributed by atoms with Crippen LogP contribution in [0, 0.1) is 0 Å². The number of carbonyl (C=O) groups is 1. The lowest BCUT2D eigenvalue weighted by atomic mass is 9.78. The Morgan fingerprint density at radius 3 is 2.41 bits per heavy atom. The van der Waals surface area contributed by atoms with Crippen molar-refractivity contribution in [1.29, 1.82) is 0 Å². The summed E-state index contributed by atoms with van der Waals surface area (Å²) in [5, 5.41) is 20.2. The van der Waals surface area contributed by atoms with Crippen molar-refractivity contribution < 1.29 is 15.0 Å². The van der Waals surface area contributed by atoms with E-state index in [2.05, 4.69) is 0 Å². The van der Waals surface area contributed by atoms with E-state index in [1.165, 1.54) is 0 Å². The normalized spacial score (nSPS) is 13.4. The zero-order valence-electron chi connectivity index (χ0n) is 9.98. The van der Waals surface area contributed by atoms with Crippen LogP contribution in [0.25, 0.3) is 0 Å². The van der Waals surface area contributed by atoms with E-state index in [-0.39, 0.29) is 0 Å². The van der Waals surface area contributed by atoms with Crippen molar-refractivity contribution in [2.45, 2.75) is 38.2 Å². The minimum Gasteiger partial charge on any atom is -0.481 e. The van der Waals surface area contributed by atoms with Crippen molar-refractivity contribution in [2.24, 2.45) is 0 Å². The van der Waals surface area contributed by atoms with Gasteiger partial charge in [0, 0.05) is 5.02 Å². The number of aliphatic hydroxyl groups is 1. The summed E-state index contributed by atoms with van der Waals surface area (Å²) in [5.41, 5.74) is -0.701. The summed E-state index contributed by atoms with van der Waals surface area (Å²) in [5.74, 6) is -1.98. The fraction of sp³-hybridized carbons (Fsp3) is 0.462. The maximum Gasteiger partial charge on any atom is 0.313 e. The van der Waals surface area contributed by atoms with Gasteiger partial charge in [-0.05, 0) is 30.5 Å². The highest BCUT2D eigenvalue weighted by Gasteiger charge is 2.39. The molecule has 0 unspecified atom stereocenters. The second kappa shape index (κ2) is 5.52.